The summed E-state index contributed by atoms with van der Waals surface area (Å²) in [6.45, 7) is 1.04. The third-order valence-corrected chi connectivity index (χ3v) is 6.00. The summed E-state index contributed by atoms with van der Waals surface area (Å²) in [4.78, 5) is 4.25. The number of piperidine rings is 1. The van der Waals surface area contributed by atoms with Crippen LogP contribution in [-0.4, -0.2) is 36.0 Å². The van der Waals surface area contributed by atoms with Gasteiger partial charge in [0, 0.05) is 18.3 Å². The Morgan fingerprint density at radius 3 is 2.89 bits per heavy atom. The SMILES string of the molecule is O=S1(=O)CCCC(n2cncc2C2CCCCN2)C1. The predicted octanol–water partition coefficient (Wildman–Crippen LogP) is 1.45. The highest BCUT2D eigenvalue weighted by atomic mass is 32.2. The molecule has 2 unspecified atom stereocenters. The molecule has 5 nitrogen and oxygen atoms in total. The van der Waals surface area contributed by atoms with E-state index in [0.29, 0.717) is 11.8 Å². The average Bonchev–Trinajstić information content (AvgIpc) is 2.88. The number of nitrogens with zero attached hydrogens (tertiary/aromatic N) is 2. The summed E-state index contributed by atoms with van der Waals surface area (Å²) >= 11 is 0. The van der Waals surface area contributed by atoms with Gasteiger partial charge in [0.1, 0.15) is 0 Å². The molecule has 2 saturated heterocycles. The van der Waals surface area contributed by atoms with Crippen LogP contribution in [0.1, 0.15) is 49.9 Å². The molecule has 3 rings (SSSR count). The van der Waals surface area contributed by atoms with E-state index in [1.807, 2.05) is 6.20 Å². The maximum Gasteiger partial charge on any atom is 0.152 e. The summed E-state index contributed by atoms with van der Waals surface area (Å²) in [6, 6.07) is 0.404. The summed E-state index contributed by atoms with van der Waals surface area (Å²) in [5, 5.41) is 3.51. The van der Waals surface area contributed by atoms with Gasteiger partial charge >= 0.3 is 0 Å². The number of nitrogens with one attached hydrogen (secondary N) is 1. The summed E-state index contributed by atoms with van der Waals surface area (Å²) in [5.41, 5.74) is 1.15. The highest BCUT2D eigenvalue weighted by Gasteiger charge is 2.29. The molecule has 6 heteroatoms. The summed E-state index contributed by atoms with van der Waals surface area (Å²) in [5.74, 6) is 0.609. The van der Waals surface area contributed by atoms with Crippen molar-refractivity contribution in [1.29, 1.82) is 0 Å². The quantitative estimate of drug-likeness (QED) is 0.892. The van der Waals surface area contributed by atoms with Gasteiger partial charge in [-0.15, -0.1) is 0 Å². The second-order valence-electron chi connectivity index (χ2n) is 5.64. The first-order chi connectivity index (χ1) is 9.16. The molecule has 106 valence electrons. The highest BCUT2D eigenvalue weighted by Crippen LogP contribution is 2.29. The average molecular weight is 283 g/mol. The first kappa shape index (κ1) is 13.1. The Morgan fingerprint density at radius 2 is 2.16 bits per heavy atom. The Hall–Kier alpha value is -0.880. The minimum absolute atomic E-state index is 0.0694. The first-order valence-electron chi connectivity index (χ1n) is 7.11. The molecule has 2 aliphatic heterocycles. The summed E-state index contributed by atoms with van der Waals surface area (Å²) in [7, 11) is -2.87. The van der Waals surface area contributed by atoms with Crippen molar-refractivity contribution in [2.45, 2.75) is 44.2 Å². The molecule has 0 aliphatic carbocycles. The molecule has 0 amide bonds. The van der Waals surface area contributed by atoms with Crippen molar-refractivity contribution in [3.8, 4) is 0 Å². The molecule has 3 heterocycles. The molecular formula is C13H21N3O2S. The third kappa shape index (κ3) is 2.84. The van der Waals surface area contributed by atoms with E-state index >= 15 is 0 Å². The van der Waals surface area contributed by atoms with Gasteiger partial charge in [-0.3, -0.25) is 0 Å². The van der Waals surface area contributed by atoms with Crippen LogP contribution in [0.3, 0.4) is 0 Å². The standard InChI is InChI=1S/C13H21N3O2S/c17-19(18)7-3-4-11(9-19)16-10-14-8-13(16)12-5-1-2-6-15-12/h8,10-12,15H,1-7,9H2. The number of hydrogen-bond acceptors (Lipinski definition) is 4. The molecule has 1 aromatic heterocycles. The Bertz CT molecular complexity index is 532. The number of aromatic nitrogens is 2. The van der Waals surface area contributed by atoms with Gasteiger partial charge in [-0.1, -0.05) is 6.42 Å². The lowest BCUT2D eigenvalue weighted by atomic mass is 10.0. The zero-order chi connectivity index (χ0) is 13.3. The zero-order valence-electron chi connectivity index (χ0n) is 11.1. The van der Waals surface area contributed by atoms with Crippen LogP contribution < -0.4 is 5.32 Å². The van der Waals surface area contributed by atoms with E-state index in [0.717, 1.165) is 31.5 Å². The van der Waals surface area contributed by atoms with Gasteiger partial charge in [0.2, 0.25) is 0 Å². The zero-order valence-corrected chi connectivity index (χ0v) is 11.9. The Balaban J connectivity index is 1.83. The van der Waals surface area contributed by atoms with Gasteiger partial charge in [0.05, 0.1) is 23.5 Å². The lowest BCUT2D eigenvalue weighted by Gasteiger charge is -2.29. The Morgan fingerprint density at radius 1 is 1.26 bits per heavy atom. The molecule has 2 aliphatic rings. The molecule has 0 radical (unpaired) electrons. The molecule has 2 fully saturated rings. The van der Waals surface area contributed by atoms with Crippen LogP contribution in [0.2, 0.25) is 0 Å². The molecule has 0 bridgehead atoms. The lowest BCUT2D eigenvalue weighted by Crippen LogP contribution is -2.32. The maximum atomic E-state index is 11.8. The summed E-state index contributed by atoms with van der Waals surface area (Å²) in [6.07, 6.45) is 8.97. The molecule has 1 N–H and O–H groups in total. The van der Waals surface area contributed by atoms with Gasteiger partial charge in [0.25, 0.3) is 0 Å². The largest absolute Gasteiger partial charge is 0.329 e. The fourth-order valence-corrected chi connectivity index (χ4v) is 4.90. The highest BCUT2D eigenvalue weighted by molar-refractivity contribution is 7.91. The van der Waals surface area contributed by atoms with E-state index in [2.05, 4.69) is 14.9 Å². The molecule has 19 heavy (non-hydrogen) atoms. The molecule has 0 saturated carbocycles. The minimum Gasteiger partial charge on any atom is -0.329 e. The van der Waals surface area contributed by atoms with Crippen LogP contribution >= 0.6 is 0 Å². The number of imidazole rings is 1. The second kappa shape index (κ2) is 5.25. The second-order valence-corrected chi connectivity index (χ2v) is 7.87. The van der Waals surface area contributed by atoms with Crippen molar-refractivity contribution < 1.29 is 8.42 Å². The fraction of sp³-hybridized carbons (Fsp3) is 0.769. The van der Waals surface area contributed by atoms with Gasteiger partial charge < -0.3 is 9.88 Å². The smallest absolute Gasteiger partial charge is 0.152 e. The monoisotopic (exact) mass is 283 g/mol. The maximum absolute atomic E-state index is 11.8. The molecule has 0 aromatic carbocycles. The van der Waals surface area contributed by atoms with E-state index in [9.17, 15) is 8.42 Å². The van der Waals surface area contributed by atoms with Crippen molar-refractivity contribution >= 4 is 9.84 Å². The third-order valence-electron chi connectivity index (χ3n) is 4.20. The van der Waals surface area contributed by atoms with Crippen molar-refractivity contribution in [2.24, 2.45) is 0 Å². The van der Waals surface area contributed by atoms with Crippen LogP contribution in [-0.2, 0) is 9.84 Å². The van der Waals surface area contributed by atoms with Crippen LogP contribution in [0.5, 0.6) is 0 Å². The van der Waals surface area contributed by atoms with E-state index in [1.165, 1.54) is 12.8 Å². The first-order valence-corrected chi connectivity index (χ1v) is 8.93. The predicted molar refractivity (Wildman–Crippen MR) is 73.7 cm³/mol. The molecule has 1 aromatic rings. The van der Waals surface area contributed by atoms with Crippen LogP contribution in [0, 0.1) is 0 Å². The van der Waals surface area contributed by atoms with Crippen LogP contribution in [0.25, 0.3) is 0 Å². The topological polar surface area (TPSA) is 64.0 Å². The van der Waals surface area contributed by atoms with E-state index in [4.69, 9.17) is 0 Å². The summed E-state index contributed by atoms with van der Waals surface area (Å²) < 4.78 is 25.7. The van der Waals surface area contributed by atoms with Gasteiger partial charge in [-0.2, -0.15) is 0 Å². The van der Waals surface area contributed by atoms with E-state index in [-0.39, 0.29) is 11.8 Å². The van der Waals surface area contributed by atoms with Crippen LogP contribution in [0.4, 0.5) is 0 Å². The van der Waals surface area contributed by atoms with E-state index < -0.39 is 9.84 Å². The molecule has 0 spiro atoms. The number of sulfone groups is 1. The van der Waals surface area contributed by atoms with Crippen LogP contribution in [0.15, 0.2) is 12.5 Å². The van der Waals surface area contributed by atoms with Gasteiger partial charge in [-0.05, 0) is 32.2 Å². The number of hydrogen-bond donors (Lipinski definition) is 1. The fourth-order valence-electron chi connectivity index (χ4n) is 3.21. The number of rotatable bonds is 2. The van der Waals surface area contributed by atoms with Crippen molar-refractivity contribution in [3.63, 3.8) is 0 Å². The Labute approximate surface area is 114 Å². The van der Waals surface area contributed by atoms with Gasteiger partial charge in [-0.25, -0.2) is 13.4 Å². The van der Waals surface area contributed by atoms with Crippen molar-refractivity contribution in [3.05, 3.63) is 18.2 Å². The Kier molecular flexibility index (Phi) is 3.62. The molecular weight excluding hydrogens is 262 g/mol. The minimum atomic E-state index is -2.87. The van der Waals surface area contributed by atoms with E-state index in [1.54, 1.807) is 6.33 Å². The van der Waals surface area contributed by atoms with Crippen molar-refractivity contribution in [2.75, 3.05) is 18.1 Å². The molecule has 2 atom stereocenters. The lowest BCUT2D eigenvalue weighted by molar-refractivity contribution is 0.374. The van der Waals surface area contributed by atoms with Gasteiger partial charge in [0.15, 0.2) is 9.84 Å². The van der Waals surface area contributed by atoms with Crippen molar-refractivity contribution in [1.82, 2.24) is 14.9 Å². The normalized spacial score (nSPS) is 31.2.